The Hall–Kier alpha value is -1.61. The van der Waals surface area contributed by atoms with Crippen LogP contribution in [0.4, 0.5) is 0 Å². The number of ether oxygens (including phenoxy) is 1. The summed E-state index contributed by atoms with van der Waals surface area (Å²) in [7, 11) is 1.60. The first-order valence-electron chi connectivity index (χ1n) is 5.31. The molecule has 0 amide bonds. The summed E-state index contributed by atoms with van der Waals surface area (Å²) >= 11 is 0. The Morgan fingerprint density at radius 1 is 1.38 bits per heavy atom. The van der Waals surface area contributed by atoms with Crippen molar-refractivity contribution in [3.05, 3.63) is 35.9 Å². The average molecular weight is 217 g/mol. The molecule has 0 radical (unpaired) electrons. The molecule has 1 heterocycles. The van der Waals surface area contributed by atoms with Gasteiger partial charge in [0.05, 0.1) is 18.7 Å². The van der Waals surface area contributed by atoms with Crippen LogP contribution in [0.5, 0.6) is 5.88 Å². The maximum absolute atomic E-state index is 9.41. The summed E-state index contributed by atoms with van der Waals surface area (Å²) in [5, 5.41) is 10.5. The Labute approximate surface area is 94.7 Å². The zero-order valence-corrected chi connectivity index (χ0v) is 9.47. The van der Waals surface area contributed by atoms with Gasteiger partial charge in [0.2, 0.25) is 5.88 Å². The number of methoxy groups -OCH3 is 1. The van der Waals surface area contributed by atoms with Gasteiger partial charge in [-0.05, 0) is 19.1 Å². The summed E-state index contributed by atoms with van der Waals surface area (Å²) < 4.78 is 5.23. The molecule has 1 atom stereocenters. The molecule has 0 spiro atoms. The molecular weight excluding hydrogens is 202 g/mol. The van der Waals surface area contributed by atoms with E-state index in [1.165, 1.54) is 0 Å². The number of aliphatic hydroxyl groups is 1. The van der Waals surface area contributed by atoms with Crippen LogP contribution in [-0.4, -0.2) is 23.3 Å². The van der Waals surface area contributed by atoms with Gasteiger partial charge in [-0.1, -0.05) is 18.2 Å². The van der Waals surface area contributed by atoms with Gasteiger partial charge in [-0.3, -0.25) is 0 Å². The lowest BCUT2D eigenvalue weighted by Crippen LogP contribution is -2.06. The molecule has 16 heavy (non-hydrogen) atoms. The fourth-order valence-electron chi connectivity index (χ4n) is 1.78. The highest BCUT2D eigenvalue weighted by Crippen LogP contribution is 2.23. The van der Waals surface area contributed by atoms with Gasteiger partial charge >= 0.3 is 0 Å². The van der Waals surface area contributed by atoms with Gasteiger partial charge in [-0.2, -0.15) is 0 Å². The molecule has 0 aliphatic carbocycles. The number of rotatable bonds is 3. The molecule has 0 aliphatic rings. The van der Waals surface area contributed by atoms with Crippen molar-refractivity contribution >= 4 is 10.9 Å². The Morgan fingerprint density at radius 2 is 2.12 bits per heavy atom. The molecule has 0 saturated heterocycles. The van der Waals surface area contributed by atoms with Crippen LogP contribution in [0.2, 0.25) is 0 Å². The van der Waals surface area contributed by atoms with Crippen LogP contribution >= 0.6 is 0 Å². The highest BCUT2D eigenvalue weighted by molar-refractivity contribution is 5.80. The lowest BCUT2D eigenvalue weighted by Gasteiger charge is -2.10. The van der Waals surface area contributed by atoms with Gasteiger partial charge in [-0.15, -0.1) is 0 Å². The van der Waals surface area contributed by atoms with E-state index in [1.54, 1.807) is 14.0 Å². The van der Waals surface area contributed by atoms with E-state index in [0.717, 1.165) is 16.5 Å². The Morgan fingerprint density at radius 3 is 2.81 bits per heavy atom. The molecule has 1 unspecified atom stereocenters. The van der Waals surface area contributed by atoms with Gasteiger partial charge in [0.25, 0.3) is 0 Å². The maximum atomic E-state index is 9.41. The number of aromatic nitrogens is 1. The van der Waals surface area contributed by atoms with Crippen LogP contribution in [0.25, 0.3) is 10.9 Å². The number of benzene rings is 1. The van der Waals surface area contributed by atoms with Crippen LogP contribution in [-0.2, 0) is 6.42 Å². The van der Waals surface area contributed by atoms with Crippen LogP contribution in [0.1, 0.15) is 12.5 Å². The molecule has 0 aliphatic heterocycles. The first kappa shape index (κ1) is 10.9. The molecular formula is C13H15NO2. The minimum absolute atomic E-state index is 0.392. The van der Waals surface area contributed by atoms with E-state index >= 15 is 0 Å². The van der Waals surface area contributed by atoms with Gasteiger partial charge in [0.15, 0.2) is 0 Å². The maximum Gasteiger partial charge on any atom is 0.216 e. The minimum atomic E-state index is -0.392. The SMILES string of the molecule is COc1nc2ccccc2cc1CC(C)O. The van der Waals surface area contributed by atoms with E-state index in [1.807, 2.05) is 30.3 Å². The minimum Gasteiger partial charge on any atom is -0.481 e. The standard InChI is InChI=1S/C13H15NO2/c1-9(15)7-11-8-10-5-3-4-6-12(10)14-13(11)16-2/h3-6,8-9,15H,7H2,1-2H3. The Balaban J connectivity index is 2.53. The van der Waals surface area contributed by atoms with Gasteiger partial charge in [-0.25, -0.2) is 4.98 Å². The fraction of sp³-hybridized carbons (Fsp3) is 0.308. The number of pyridine rings is 1. The Kier molecular flexibility index (Phi) is 3.06. The molecule has 2 rings (SSSR count). The second-order valence-corrected chi connectivity index (χ2v) is 3.90. The number of aliphatic hydroxyl groups excluding tert-OH is 1. The second kappa shape index (κ2) is 4.49. The van der Waals surface area contributed by atoms with E-state index in [4.69, 9.17) is 4.74 Å². The van der Waals surface area contributed by atoms with Crippen molar-refractivity contribution in [2.45, 2.75) is 19.4 Å². The summed E-state index contributed by atoms with van der Waals surface area (Å²) in [5.74, 6) is 0.597. The number of hydrogen-bond donors (Lipinski definition) is 1. The Bertz CT molecular complexity index is 494. The molecule has 1 aromatic heterocycles. The fourth-order valence-corrected chi connectivity index (χ4v) is 1.78. The number of para-hydroxylation sites is 1. The van der Waals surface area contributed by atoms with Crippen molar-refractivity contribution in [3.8, 4) is 5.88 Å². The van der Waals surface area contributed by atoms with E-state index < -0.39 is 6.10 Å². The lowest BCUT2D eigenvalue weighted by molar-refractivity contribution is 0.194. The van der Waals surface area contributed by atoms with Crippen LogP contribution in [0.3, 0.4) is 0 Å². The molecule has 0 bridgehead atoms. The van der Waals surface area contributed by atoms with Crippen LogP contribution in [0.15, 0.2) is 30.3 Å². The van der Waals surface area contributed by atoms with Crippen molar-refractivity contribution in [1.82, 2.24) is 4.98 Å². The smallest absolute Gasteiger partial charge is 0.216 e. The van der Waals surface area contributed by atoms with E-state index in [9.17, 15) is 5.11 Å². The van der Waals surface area contributed by atoms with Crippen molar-refractivity contribution in [2.24, 2.45) is 0 Å². The zero-order valence-electron chi connectivity index (χ0n) is 9.47. The van der Waals surface area contributed by atoms with Crippen LogP contribution in [0, 0.1) is 0 Å². The summed E-state index contributed by atoms with van der Waals surface area (Å²) in [6.07, 6.45) is 0.165. The number of hydrogen-bond acceptors (Lipinski definition) is 3. The summed E-state index contributed by atoms with van der Waals surface area (Å²) in [6.45, 7) is 1.76. The molecule has 3 nitrogen and oxygen atoms in total. The third-order valence-corrected chi connectivity index (χ3v) is 2.47. The van der Waals surface area contributed by atoms with Gasteiger partial charge < -0.3 is 9.84 Å². The first-order chi connectivity index (χ1) is 7.70. The normalized spacial score (nSPS) is 12.7. The van der Waals surface area contributed by atoms with E-state index in [-0.39, 0.29) is 0 Å². The van der Waals surface area contributed by atoms with Gasteiger partial charge in [0, 0.05) is 17.4 Å². The first-order valence-corrected chi connectivity index (χ1v) is 5.31. The summed E-state index contributed by atoms with van der Waals surface area (Å²) in [5.41, 5.74) is 1.85. The summed E-state index contributed by atoms with van der Waals surface area (Å²) in [4.78, 5) is 4.41. The molecule has 3 heteroatoms. The van der Waals surface area contributed by atoms with Crippen molar-refractivity contribution in [2.75, 3.05) is 7.11 Å². The largest absolute Gasteiger partial charge is 0.481 e. The average Bonchev–Trinajstić information content (AvgIpc) is 2.27. The lowest BCUT2D eigenvalue weighted by atomic mass is 10.1. The highest BCUT2D eigenvalue weighted by atomic mass is 16.5. The molecule has 1 N–H and O–H groups in total. The van der Waals surface area contributed by atoms with Crippen LogP contribution < -0.4 is 4.74 Å². The van der Waals surface area contributed by atoms with Crippen molar-refractivity contribution < 1.29 is 9.84 Å². The predicted octanol–water partition coefficient (Wildman–Crippen LogP) is 2.17. The predicted molar refractivity (Wildman–Crippen MR) is 63.7 cm³/mol. The number of nitrogens with zero attached hydrogens (tertiary/aromatic N) is 1. The highest BCUT2D eigenvalue weighted by Gasteiger charge is 2.09. The third kappa shape index (κ3) is 2.14. The summed E-state index contributed by atoms with van der Waals surface area (Å²) in [6, 6.07) is 9.90. The van der Waals surface area contributed by atoms with E-state index in [0.29, 0.717) is 12.3 Å². The molecule has 0 fully saturated rings. The number of fused-ring (bicyclic) bond motifs is 1. The zero-order chi connectivity index (χ0) is 11.5. The topological polar surface area (TPSA) is 42.4 Å². The van der Waals surface area contributed by atoms with Crippen molar-refractivity contribution in [3.63, 3.8) is 0 Å². The second-order valence-electron chi connectivity index (χ2n) is 3.90. The monoisotopic (exact) mass is 217 g/mol. The molecule has 2 aromatic rings. The third-order valence-electron chi connectivity index (χ3n) is 2.47. The molecule has 0 saturated carbocycles. The quantitative estimate of drug-likeness (QED) is 0.856. The molecule has 84 valence electrons. The van der Waals surface area contributed by atoms with Crippen molar-refractivity contribution in [1.29, 1.82) is 0 Å². The molecule has 1 aromatic carbocycles. The van der Waals surface area contributed by atoms with Gasteiger partial charge in [0.1, 0.15) is 0 Å². The van der Waals surface area contributed by atoms with E-state index in [2.05, 4.69) is 4.98 Å².